The Morgan fingerprint density at radius 1 is 1.38 bits per heavy atom. The Labute approximate surface area is 126 Å². The Hall–Kier alpha value is -1.55. The molecule has 4 heteroatoms. The van der Waals surface area contributed by atoms with E-state index < -0.39 is 0 Å². The van der Waals surface area contributed by atoms with Gasteiger partial charge in [-0.2, -0.15) is 0 Å². The molecule has 4 nitrogen and oxygen atoms in total. The van der Waals surface area contributed by atoms with Crippen LogP contribution in [-0.4, -0.2) is 26.7 Å². The minimum absolute atomic E-state index is 0.172. The van der Waals surface area contributed by atoms with Crippen molar-refractivity contribution in [3.05, 3.63) is 29.3 Å². The first-order valence-corrected chi connectivity index (χ1v) is 7.64. The van der Waals surface area contributed by atoms with Gasteiger partial charge >= 0.3 is 5.97 Å². The highest BCUT2D eigenvalue weighted by molar-refractivity contribution is 5.71. The van der Waals surface area contributed by atoms with E-state index in [0.29, 0.717) is 6.42 Å². The quantitative estimate of drug-likeness (QED) is 0.819. The van der Waals surface area contributed by atoms with E-state index in [4.69, 9.17) is 9.47 Å². The van der Waals surface area contributed by atoms with E-state index >= 15 is 0 Å². The van der Waals surface area contributed by atoms with Crippen LogP contribution in [0.1, 0.15) is 43.7 Å². The van der Waals surface area contributed by atoms with Crippen molar-refractivity contribution in [1.29, 1.82) is 0 Å². The van der Waals surface area contributed by atoms with Crippen LogP contribution in [0.2, 0.25) is 0 Å². The van der Waals surface area contributed by atoms with E-state index in [1.807, 2.05) is 6.07 Å². The number of carbonyl (C=O) groups excluding carboxylic acids is 1. The predicted molar refractivity (Wildman–Crippen MR) is 82.5 cm³/mol. The minimum atomic E-state index is -0.328. The highest BCUT2D eigenvalue weighted by Gasteiger charge is 2.38. The average molecular weight is 291 g/mol. The van der Waals surface area contributed by atoms with E-state index in [1.165, 1.54) is 18.2 Å². The Bertz CT molecular complexity index is 501. The first kappa shape index (κ1) is 15.8. The van der Waals surface area contributed by atoms with Gasteiger partial charge in [-0.05, 0) is 55.5 Å². The number of fused-ring (bicyclic) bond motifs is 1. The topological polar surface area (TPSA) is 47.6 Å². The second-order valence-electron chi connectivity index (χ2n) is 5.64. The summed E-state index contributed by atoms with van der Waals surface area (Å²) in [7, 11) is 3.12. The maximum absolute atomic E-state index is 11.9. The molecule has 0 fully saturated rings. The van der Waals surface area contributed by atoms with Gasteiger partial charge in [0.2, 0.25) is 0 Å². The number of hydrogen-bond donors (Lipinski definition) is 1. The Morgan fingerprint density at radius 3 is 2.86 bits per heavy atom. The van der Waals surface area contributed by atoms with Crippen molar-refractivity contribution in [3.63, 3.8) is 0 Å². The normalized spacial score (nSPS) is 20.7. The zero-order valence-corrected chi connectivity index (χ0v) is 13.2. The van der Waals surface area contributed by atoms with Gasteiger partial charge in [0.25, 0.3) is 0 Å². The van der Waals surface area contributed by atoms with Gasteiger partial charge in [0.1, 0.15) is 5.75 Å². The van der Waals surface area contributed by atoms with Crippen molar-refractivity contribution < 1.29 is 14.3 Å². The lowest BCUT2D eigenvalue weighted by molar-refractivity contribution is -0.142. The molecule has 1 aliphatic carbocycles. The molecule has 1 aromatic carbocycles. The molecule has 0 saturated heterocycles. The molecule has 0 aromatic heterocycles. The molecule has 1 N–H and O–H groups in total. The lowest BCUT2D eigenvalue weighted by Crippen LogP contribution is -2.47. The summed E-state index contributed by atoms with van der Waals surface area (Å²) < 4.78 is 10.3. The van der Waals surface area contributed by atoms with Gasteiger partial charge in [-0.15, -0.1) is 0 Å². The number of nitrogens with one attached hydrogen (secondary N) is 1. The first-order valence-electron chi connectivity index (χ1n) is 7.64. The molecular formula is C17H25NO3. The summed E-state index contributed by atoms with van der Waals surface area (Å²) in [6.07, 6.45) is 4.47. The molecule has 116 valence electrons. The highest BCUT2D eigenvalue weighted by atomic mass is 16.5. The third kappa shape index (κ3) is 3.38. The van der Waals surface area contributed by atoms with Crippen molar-refractivity contribution in [2.75, 3.05) is 20.8 Å². The van der Waals surface area contributed by atoms with Crippen LogP contribution in [0.3, 0.4) is 0 Å². The molecule has 0 amide bonds. The summed E-state index contributed by atoms with van der Waals surface area (Å²) in [6.45, 7) is 3.02. The van der Waals surface area contributed by atoms with E-state index in [9.17, 15) is 4.79 Å². The summed E-state index contributed by atoms with van der Waals surface area (Å²) in [5.41, 5.74) is 2.16. The second kappa shape index (κ2) is 6.94. The number of benzene rings is 1. The molecule has 0 heterocycles. The lowest BCUT2D eigenvalue weighted by atomic mass is 9.74. The van der Waals surface area contributed by atoms with Gasteiger partial charge in [-0.1, -0.05) is 13.0 Å². The number of methoxy groups -OCH3 is 2. The summed E-state index contributed by atoms with van der Waals surface area (Å²) in [6, 6.07) is 6.18. The maximum Gasteiger partial charge on any atom is 0.307 e. The molecule has 0 spiro atoms. The summed E-state index contributed by atoms with van der Waals surface area (Å²) in [5.74, 6) is 0.664. The molecule has 1 aliphatic rings. The maximum atomic E-state index is 11.9. The van der Waals surface area contributed by atoms with Gasteiger partial charge in [-0.25, -0.2) is 0 Å². The fourth-order valence-corrected chi connectivity index (χ4v) is 3.17. The van der Waals surface area contributed by atoms with Crippen LogP contribution in [0.5, 0.6) is 5.75 Å². The van der Waals surface area contributed by atoms with E-state index in [2.05, 4.69) is 24.4 Å². The Kier molecular flexibility index (Phi) is 5.23. The highest BCUT2D eigenvalue weighted by Crippen LogP contribution is 2.40. The molecule has 0 saturated carbocycles. The lowest BCUT2D eigenvalue weighted by Gasteiger charge is -2.39. The van der Waals surface area contributed by atoms with Gasteiger partial charge < -0.3 is 14.8 Å². The van der Waals surface area contributed by atoms with Gasteiger partial charge in [0.05, 0.1) is 26.2 Å². The van der Waals surface area contributed by atoms with Gasteiger partial charge in [-0.3, -0.25) is 4.79 Å². The van der Waals surface area contributed by atoms with Crippen molar-refractivity contribution >= 4 is 5.97 Å². The molecule has 1 aromatic rings. The second-order valence-corrected chi connectivity index (χ2v) is 5.64. The van der Waals surface area contributed by atoms with E-state index in [1.54, 1.807) is 7.11 Å². The average Bonchev–Trinajstić information content (AvgIpc) is 2.52. The SMILES string of the molecule is CCCNC1(CC(=O)OC)CCCc2ccc(OC)cc21. The van der Waals surface area contributed by atoms with Gasteiger partial charge in [0.15, 0.2) is 0 Å². The predicted octanol–water partition coefficient (Wildman–Crippen LogP) is 2.79. The Morgan fingerprint density at radius 2 is 2.19 bits per heavy atom. The third-order valence-electron chi connectivity index (χ3n) is 4.27. The largest absolute Gasteiger partial charge is 0.497 e. The van der Waals surface area contributed by atoms with Crippen molar-refractivity contribution in [1.82, 2.24) is 5.32 Å². The molecule has 21 heavy (non-hydrogen) atoms. The van der Waals surface area contributed by atoms with Gasteiger partial charge in [0, 0.05) is 0 Å². The van der Waals surface area contributed by atoms with Crippen molar-refractivity contribution in [3.8, 4) is 5.75 Å². The number of carbonyl (C=O) groups is 1. The smallest absolute Gasteiger partial charge is 0.307 e. The van der Waals surface area contributed by atoms with E-state index in [0.717, 1.165) is 38.0 Å². The fraction of sp³-hybridized carbons (Fsp3) is 0.588. The Balaban J connectivity index is 2.42. The van der Waals surface area contributed by atoms with Crippen molar-refractivity contribution in [2.45, 2.75) is 44.6 Å². The summed E-state index contributed by atoms with van der Waals surface area (Å²) in [5, 5.41) is 3.60. The number of rotatable bonds is 6. The summed E-state index contributed by atoms with van der Waals surface area (Å²) >= 11 is 0. The number of aryl methyl sites for hydroxylation is 1. The molecule has 0 aliphatic heterocycles. The monoisotopic (exact) mass is 291 g/mol. The molecule has 0 bridgehead atoms. The van der Waals surface area contributed by atoms with Crippen LogP contribution < -0.4 is 10.1 Å². The molecule has 1 atom stereocenters. The first-order chi connectivity index (χ1) is 10.1. The van der Waals surface area contributed by atoms with Crippen LogP contribution in [0, 0.1) is 0 Å². The van der Waals surface area contributed by atoms with Crippen LogP contribution in [0.25, 0.3) is 0 Å². The molecular weight excluding hydrogens is 266 g/mol. The molecule has 2 rings (SSSR count). The zero-order valence-electron chi connectivity index (χ0n) is 13.2. The van der Waals surface area contributed by atoms with Crippen LogP contribution in [-0.2, 0) is 21.5 Å². The van der Waals surface area contributed by atoms with Crippen LogP contribution in [0.15, 0.2) is 18.2 Å². The van der Waals surface area contributed by atoms with E-state index in [-0.39, 0.29) is 11.5 Å². The standard InChI is InChI=1S/C17H25NO3/c1-4-10-18-17(12-16(19)21-3)9-5-6-13-7-8-14(20-2)11-15(13)17/h7-8,11,18H,4-6,9-10,12H2,1-3H3. The zero-order chi connectivity index (χ0) is 15.3. The van der Waals surface area contributed by atoms with Crippen molar-refractivity contribution in [2.24, 2.45) is 0 Å². The van der Waals surface area contributed by atoms with Crippen LogP contribution >= 0.6 is 0 Å². The fourth-order valence-electron chi connectivity index (χ4n) is 3.17. The number of ether oxygens (including phenoxy) is 2. The third-order valence-corrected chi connectivity index (χ3v) is 4.27. The number of esters is 1. The molecule has 0 radical (unpaired) electrons. The molecule has 1 unspecified atom stereocenters. The summed E-state index contributed by atoms with van der Waals surface area (Å²) in [4.78, 5) is 11.9. The minimum Gasteiger partial charge on any atom is -0.497 e. The van der Waals surface area contributed by atoms with Crippen LogP contribution in [0.4, 0.5) is 0 Å². The number of hydrogen-bond acceptors (Lipinski definition) is 4.